The molecular weight excluding hydrogens is 264 g/mol. The van der Waals surface area contributed by atoms with Crippen molar-refractivity contribution >= 4 is 0 Å². The summed E-state index contributed by atoms with van der Waals surface area (Å²) in [4.78, 5) is 7.28. The maximum atomic E-state index is 5.41. The molecule has 0 spiro atoms. The smallest absolute Gasteiger partial charge is 0.229 e. The molecule has 0 unspecified atom stereocenters. The molecule has 2 aliphatic heterocycles. The van der Waals surface area contributed by atoms with Crippen LogP contribution in [0.2, 0.25) is 0 Å². The van der Waals surface area contributed by atoms with Gasteiger partial charge in [0.25, 0.3) is 0 Å². The van der Waals surface area contributed by atoms with E-state index in [0.717, 1.165) is 17.6 Å². The van der Waals surface area contributed by atoms with E-state index >= 15 is 0 Å². The van der Waals surface area contributed by atoms with Crippen molar-refractivity contribution in [2.24, 2.45) is 5.92 Å². The Kier molecular flexibility index (Phi) is 3.95. The summed E-state index contributed by atoms with van der Waals surface area (Å²) in [5, 5.41) is 7.68. The van der Waals surface area contributed by atoms with Crippen LogP contribution in [0.1, 0.15) is 62.1 Å². The zero-order chi connectivity index (χ0) is 14.1. The molecule has 4 rings (SSSR count). The SMILES string of the molecule is C1CC(CN2CCC(c3noc(C4CC4)n3)CC2)CCN1. The van der Waals surface area contributed by atoms with E-state index in [1.807, 2.05) is 0 Å². The van der Waals surface area contributed by atoms with Crippen molar-refractivity contribution < 1.29 is 4.52 Å². The van der Waals surface area contributed by atoms with Gasteiger partial charge < -0.3 is 14.7 Å². The second-order valence-electron chi connectivity index (χ2n) is 7.03. The Bertz CT molecular complexity index is 457. The number of hydrogen-bond donors (Lipinski definition) is 1. The third-order valence-electron chi connectivity index (χ3n) is 5.31. The molecule has 0 bridgehead atoms. The van der Waals surface area contributed by atoms with E-state index in [1.54, 1.807) is 0 Å². The highest BCUT2D eigenvalue weighted by molar-refractivity contribution is 5.05. The number of aromatic nitrogens is 2. The number of nitrogens with one attached hydrogen (secondary N) is 1. The molecule has 3 aliphatic rings. The van der Waals surface area contributed by atoms with Crippen molar-refractivity contribution in [3.63, 3.8) is 0 Å². The second kappa shape index (κ2) is 6.05. The number of rotatable bonds is 4. The first kappa shape index (κ1) is 13.7. The summed E-state index contributed by atoms with van der Waals surface area (Å²) in [6.07, 6.45) is 7.53. The van der Waals surface area contributed by atoms with E-state index in [-0.39, 0.29) is 0 Å². The van der Waals surface area contributed by atoms with Gasteiger partial charge in [0.2, 0.25) is 5.89 Å². The van der Waals surface area contributed by atoms with Gasteiger partial charge in [0, 0.05) is 18.4 Å². The van der Waals surface area contributed by atoms with E-state index in [1.165, 1.54) is 71.2 Å². The molecule has 2 saturated heterocycles. The van der Waals surface area contributed by atoms with Crippen LogP contribution < -0.4 is 5.32 Å². The van der Waals surface area contributed by atoms with Crippen LogP contribution in [-0.2, 0) is 0 Å². The highest BCUT2D eigenvalue weighted by Crippen LogP contribution is 2.39. The Morgan fingerprint density at radius 3 is 2.48 bits per heavy atom. The molecule has 21 heavy (non-hydrogen) atoms. The highest BCUT2D eigenvalue weighted by atomic mass is 16.5. The van der Waals surface area contributed by atoms with Crippen LogP contribution in [-0.4, -0.2) is 47.8 Å². The molecule has 3 fully saturated rings. The molecule has 0 amide bonds. The van der Waals surface area contributed by atoms with Gasteiger partial charge >= 0.3 is 0 Å². The average Bonchev–Trinajstić information content (AvgIpc) is 3.27. The highest BCUT2D eigenvalue weighted by Gasteiger charge is 2.32. The van der Waals surface area contributed by atoms with Crippen molar-refractivity contribution in [1.29, 1.82) is 0 Å². The molecule has 5 heteroatoms. The Labute approximate surface area is 126 Å². The van der Waals surface area contributed by atoms with Gasteiger partial charge in [0.05, 0.1) is 0 Å². The third kappa shape index (κ3) is 3.29. The largest absolute Gasteiger partial charge is 0.339 e. The van der Waals surface area contributed by atoms with E-state index < -0.39 is 0 Å². The predicted octanol–water partition coefficient (Wildman–Crippen LogP) is 2.13. The molecule has 116 valence electrons. The molecule has 1 aliphatic carbocycles. The molecule has 1 N–H and O–H groups in total. The van der Waals surface area contributed by atoms with Crippen molar-refractivity contribution in [1.82, 2.24) is 20.4 Å². The molecule has 0 atom stereocenters. The maximum absolute atomic E-state index is 5.41. The topological polar surface area (TPSA) is 54.2 Å². The summed E-state index contributed by atoms with van der Waals surface area (Å²) in [6.45, 7) is 6.08. The summed E-state index contributed by atoms with van der Waals surface area (Å²) in [7, 11) is 0. The minimum atomic E-state index is 0.519. The Morgan fingerprint density at radius 2 is 1.76 bits per heavy atom. The standard InChI is InChI=1S/C16H26N4O/c1-2-14(1)16-18-15(19-21-16)13-5-9-20(10-6-13)11-12-3-7-17-8-4-12/h12-14,17H,1-11H2. The average molecular weight is 290 g/mol. The quantitative estimate of drug-likeness (QED) is 0.920. The van der Waals surface area contributed by atoms with Crippen LogP contribution in [0.4, 0.5) is 0 Å². The molecule has 1 saturated carbocycles. The maximum Gasteiger partial charge on any atom is 0.229 e. The fraction of sp³-hybridized carbons (Fsp3) is 0.875. The Hall–Kier alpha value is -0.940. The van der Waals surface area contributed by atoms with E-state index in [2.05, 4.69) is 20.4 Å². The lowest BCUT2D eigenvalue weighted by molar-refractivity contribution is 0.164. The van der Waals surface area contributed by atoms with Gasteiger partial charge in [-0.25, -0.2) is 0 Å². The molecule has 1 aromatic rings. The molecule has 3 heterocycles. The fourth-order valence-electron chi connectivity index (χ4n) is 3.71. The van der Waals surface area contributed by atoms with Crippen molar-refractivity contribution in [2.45, 2.75) is 50.4 Å². The summed E-state index contributed by atoms with van der Waals surface area (Å²) >= 11 is 0. The molecule has 5 nitrogen and oxygen atoms in total. The van der Waals surface area contributed by atoms with E-state index in [4.69, 9.17) is 4.52 Å². The molecule has 0 radical (unpaired) electrons. The minimum absolute atomic E-state index is 0.519. The van der Waals surface area contributed by atoms with Gasteiger partial charge in [-0.3, -0.25) is 0 Å². The van der Waals surface area contributed by atoms with Gasteiger partial charge in [0.15, 0.2) is 5.82 Å². The number of hydrogen-bond acceptors (Lipinski definition) is 5. The zero-order valence-electron chi connectivity index (χ0n) is 12.8. The molecule has 0 aromatic carbocycles. The summed E-state index contributed by atoms with van der Waals surface area (Å²) in [5.74, 6) is 3.85. The van der Waals surface area contributed by atoms with Crippen LogP contribution in [0, 0.1) is 5.92 Å². The van der Waals surface area contributed by atoms with Gasteiger partial charge in [0.1, 0.15) is 0 Å². The monoisotopic (exact) mass is 290 g/mol. The third-order valence-corrected chi connectivity index (χ3v) is 5.31. The lowest BCUT2D eigenvalue weighted by atomic mass is 9.93. The number of piperidine rings is 2. The summed E-state index contributed by atoms with van der Waals surface area (Å²) in [6, 6.07) is 0. The minimum Gasteiger partial charge on any atom is -0.339 e. The molecular formula is C16H26N4O. The lowest BCUT2D eigenvalue weighted by Gasteiger charge is -2.34. The van der Waals surface area contributed by atoms with Crippen LogP contribution in [0.5, 0.6) is 0 Å². The first-order chi connectivity index (χ1) is 10.4. The van der Waals surface area contributed by atoms with Gasteiger partial charge in [-0.05, 0) is 70.6 Å². The van der Waals surface area contributed by atoms with Crippen LogP contribution >= 0.6 is 0 Å². The normalized spacial score (nSPS) is 26.3. The first-order valence-corrected chi connectivity index (χ1v) is 8.65. The summed E-state index contributed by atoms with van der Waals surface area (Å²) < 4.78 is 5.41. The van der Waals surface area contributed by atoms with E-state index in [9.17, 15) is 0 Å². The van der Waals surface area contributed by atoms with Crippen molar-refractivity contribution in [2.75, 3.05) is 32.7 Å². The summed E-state index contributed by atoms with van der Waals surface area (Å²) in [5.41, 5.74) is 0. The lowest BCUT2D eigenvalue weighted by Crippen LogP contribution is -2.40. The van der Waals surface area contributed by atoms with Crippen molar-refractivity contribution in [3.05, 3.63) is 11.7 Å². The van der Waals surface area contributed by atoms with Crippen LogP contribution in [0.25, 0.3) is 0 Å². The van der Waals surface area contributed by atoms with Gasteiger partial charge in [-0.15, -0.1) is 0 Å². The van der Waals surface area contributed by atoms with E-state index in [0.29, 0.717) is 11.8 Å². The van der Waals surface area contributed by atoms with Gasteiger partial charge in [-0.1, -0.05) is 5.16 Å². The first-order valence-electron chi connectivity index (χ1n) is 8.65. The second-order valence-corrected chi connectivity index (χ2v) is 7.03. The Morgan fingerprint density at radius 1 is 1.00 bits per heavy atom. The Balaban J connectivity index is 1.27. The molecule has 1 aromatic heterocycles. The van der Waals surface area contributed by atoms with Crippen LogP contribution in [0.15, 0.2) is 4.52 Å². The predicted molar refractivity (Wildman–Crippen MR) is 80.3 cm³/mol. The fourth-order valence-corrected chi connectivity index (χ4v) is 3.71. The van der Waals surface area contributed by atoms with Crippen molar-refractivity contribution in [3.8, 4) is 0 Å². The zero-order valence-corrected chi connectivity index (χ0v) is 12.8. The van der Waals surface area contributed by atoms with Gasteiger partial charge in [-0.2, -0.15) is 4.98 Å². The van der Waals surface area contributed by atoms with Crippen LogP contribution in [0.3, 0.4) is 0 Å². The number of likely N-dealkylation sites (tertiary alicyclic amines) is 1. The number of nitrogens with zero attached hydrogens (tertiary/aromatic N) is 3.